The van der Waals surface area contributed by atoms with Gasteiger partial charge in [-0.1, -0.05) is 23.2 Å². The van der Waals surface area contributed by atoms with Gasteiger partial charge in [-0.15, -0.1) is 0 Å². The molecule has 1 rings (SSSR count). The first kappa shape index (κ1) is 17.4. The highest BCUT2D eigenvalue weighted by Gasteiger charge is 2.28. The average Bonchev–Trinajstić information content (AvgIpc) is 2.44. The van der Waals surface area contributed by atoms with E-state index in [1.165, 1.54) is 18.1 Å². The summed E-state index contributed by atoms with van der Waals surface area (Å²) >= 11 is 12.3. The number of benzene rings is 1. The molecular formula is C13H18Cl2N4O2. The Bertz CT molecular complexity index is 547. The van der Waals surface area contributed by atoms with E-state index in [1.54, 1.807) is 6.07 Å². The van der Waals surface area contributed by atoms with Crippen LogP contribution in [0.15, 0.2) is 12.1 Å². The number of urea groups is 1. The minimum absolute atomic E-state index is 0.126. The van der Waals surface area contributed by atoms with Crippen LogP contribution in [0.5, 0.6) is 5.75 Å². The van der Waals surface area contributed by atoms with Crippen molar-refractivity contribution in [1.82, 2.24) is 4.90 Å². The smallest absolute Gasteiger partial charge is 0.331 e. The number of nitrogens with zero attached hydrogens (tertiary/aromatic N) is 2. The van der Waals surface area contributed by atoms with E-state index in [2.05, 4.69) is 0 Å². The van der Waals surface area contributed by atoms with E-state index in [1.807, 2.05) is 13.8 Å². The summed E-state index contributed by atoms with van der Waals surface area (Å²) in [5.74, 6) is -0.126. The van der Waals surface area contributed by atoms with Gasteiger partial charge >= 0.3 is 6.03 Å². The highest BCUT2D eigenvalue weighted by molar-refractivity contribution is 6.42. The molecule has 2 amide bonds. The number of amides is 2. The maximum atomic E-state index is 12.5. The largest absolute Gasteiger partial charge is 0.495 e. The molecule has 0 bridgehead atoms. The van der Waals surface area contributed by atoms with Crippen LogP contribution >= 0.6 is 23.2 Å². The summed E-state index contributed by atoms with van der Waals surface area (Å²) in [5, 5.41) is 8.01. The Labute approximate surface area is 133 Å². The van der Waals surface area contributed by atoms with Crippen LogP contribution in [0.3, 0.4) is 0 Å². The van der Waals surface area contributed by atoms with E-state index < -0.39 is 12.0 Å². The topological polar surface area (TPSA) is 82.7 Å². The third-order valence-corrected chi connectivity index (χ3v) is 3.61. The number of halogens is 2. The zero-order valence-electron chi connectivity index (χ0n) is 12.1. The Kier molecular flexibility index (Phi) is 6.11. The van der Waals surface area contributed by atoms with Gasteiger partial charge in [-0.05, 0) is 26.0 Å². The van der Waals surface area contributed by atoms with E-state index in [0.29, 0.717) is 18.8 Å². The van der Waals surface area contributed by atoms with Crippen molar-refractivity contribution in [2.24, 2.45) is 5.73 Å². The summed E-state index contributed by atoms with van der Waals surface area (Å²) < 4.78 is 5.11. The molecule has 1 aromatic carbocycles. The average molecular weight is 333 g/mol. The van der Waals surface area contributed by atoms with Crippen LogP contribution in [0.2, 0.25) is 10.0 Å². The molecule has 21 heavy (non-hydrogen) atoms. The molecule has 0 fully saturated rings. The predicted octanol–water partition coefficient (Wildman–Crippen LogP) is 3.16. The monoisotopic (exact) mass is 332 g/mol. The van der Waals surface area contributed by atoms with Gasteiger partial charge in [0.2, 0.25) is 5.96 Å². The Balaban J connectivity index is 3.43. The zero-order valence-corrected chi connectivity index (χ0v) is 13.6. The first-order valence-corrected chi connectivity index (χ1v) is 7.09. The Morgan fingerprint density at radius 1 is 1.33 bits per heavy atom. The van der Waals surface area contributed by atoms with E-state index in [4.69, 9.17) is 39.1 Å². The number of hydrogen-bond donors (Lipinski definition) is 2. The molecule has 1 aromatic rings. The van der Waals surface area contributed by atoms with Crippen molar-refractivity contribution in [1.29, 1.82) is 5.41 Å². The van der Waals surface area contributed by atoms with Crippen LogP contribution in [-0.2, 0) is 0 Å². The Morgan fingerprint density at radius 3 is 2.33 bits per heavy atom. The van der Waals surface area contributed by atoms with Gasteiger partial charge in [0, 0.05) is 13.1 Å². The highest BCUT2D eigenvalue weighted by Crippen LogP contribution is 2.40. The van der Waals surface area contributed by atoms with Gasteiger partial charge < -0.3 is 15.4 Å². The van der Waals surface area contributed by atoms with Crippen molar-refractivity contribution in [3.05, 3.63) is 22.2 Å². The first-order chi connectivity index (χ1) is 9.88. The second-order valence-electron chi connectivity index (χ2n) is 4.09. The molecule has 0 unspecified atom stereocenters. The molecule has 6 nitrogen and oxygen atoms in total. The van der Waals surface area contributed by atoms with Gasteiger partial charge in [0.1, 0.15) is 10.8 Å². The van der Waals surface area contributed by atoms with Crippen molar-refractivity contribution < 1.29 is 9.53 Å². The number of methoxy groups -OCH3 is 1. The van der Waals surface area contributed by atoms with Crippen LogP contribution in [-0.4, -0.2) is 37.1 Å². The molecule has 0 spiro atoms. The maximum absolute atomic E-state index is 12.5. The highest BCUT2D eigenvalue weighted by atomic mass is 35.5. The van der Waals surface area contributed by atoms with Gasteiger partial charge in [-0.3, -0.25) is 5.41 Å². The van der Waals surface area contributed by atoms with Crippen molar-refractivity contribution in [3.63, 3.8) is 0 Å². The molecule has 0 heterocycles. The number of anilines is 1. The number of rotatable bonds is 4. The van der Waals surface area contributed by atoms with E-state index in [0.717, 1.165) is 4.90 Å². The molecular weight excluding hydrogens is 315 g/mol. The number of nitrogens with two attached hydrogens (primary N) is 1. The lowest BCUT2D eigenvalue weighted by Gasteiger charge is -2.29. The second kappa shape index (κ2) is 7.38. The fourth-order valence-corrected chi connectivity index (χ4v) is 2.46. The van der Waals surface area contributed by atoms with Crippen molar-refractivity contribution in [3.8, 4) is 5.75 Å². The van der Waals surface area contributed by atoms with Crippen LogP contribution in [0.25, 0.3) is 0 Å². The van der Waals surface area contributed by atoms with Gasteiger partial charge in [0.25, 0.3) is 0 Å². The number of ether oxygens (including phenoxy) is 1. The molecule has 0 saturated carbocycles. The molecule has 0 saturated heterocycles. The summed E-state index contributed by atoms with van der Waals surface area (Å²) in [5.41, 5.74) is 5.69. The predicted molar refractivity (Wildman–Crippen MR) is 85.7 cm³/mol. The molecule has 0 atom stereocenters. The summed E-state index contributed by atoms with van der Waals surface area (Å²) in [7, 11) is 1.45. The summed E-state index contributed by atoms with van der Waals surface area (Å²) in [4.78, 5) is 15.0. The van der Waals surface area contributed by atoms with Crippen LogP contribution in [0.4, 0.5) is 10.5 Å². The quantitative estimate of drug-likeness (QED) is 0.656. The minimum Gasteiger partial charge on any atom is -0.495 e. The standard InChI is InChI=1S/C13H18Cl2N4O2/c1-4-18(5-2)13(20)19(12(16)17)11-8(14)6-7-9(21-3)10(11)15/h6-7H,4-5H2,1-3H3,(H3,16,17). The lowest BCUT2D eigenvalue weighted by molar-refractivity contribution is 0.213. The molecule has 0 aliphatic carbocycles. The molecule has 0 aliphatic rings. The van der Waals surface area contributed by atoms with Gasteiger partial charge in [0.15, 0.2) is 0 Å². The van der Waals surface area contributed by atoms with Crippen LogP contribution in [0, 0.1) is 5.41 Å². The van der Waals surface area contributed by atoms with Gasteiger partial charge in [-0.25, -0.2) is 9.69 Å². The van der Waals surface area contributed by atoms with Crippen LogP contribution in [0.1, 0.15) is 13.8 Å². The SMILES string of the molecule is CCN(CC)C(=O)N(C(=N)N)c1c(Cl)ccc(OC)c1Cl. The number of carbonyl (C=O) groups is 1. The molecule has 0 aliphatic heterocycles. The third-order valence-electron chi connectivity index (χ3n) is 2.94. The van der Waals surface area contributed by atoms with Crippen molar-refractivity contribution in [2.75, 3.05) is 25.1 Å². The van der Waals surface area contributed by atoms with Crippen molar-refractivity contribution in [2.45, 2.75) is 13.8 Å². The van der Waals surface area contributed by atoms with Crippen LogP contribution < -0.4 is 15.4 Å². The molecule has 3 N–H and O–H groups in total. The first-order valence-electron chi connectivity index (χ1n) is 6.33. The van der Waals surface area contributed by atoms with Gasteiger partial charge in [-0.2, -0.15) is 0 Å². The maximum Gasteiger partial charge on any atom is 0.331 e. The lowest BCUT2D eigenvalue weighted by atomic mass is 10.2. The van der Waals surface area contributed by atoms with Crippen molar-refractivity contribution >= 4 is 40.9 Å². The number of nitrogens with one attached hydrogen (secondary N) is 1. The number of guanidine groups is 1. The summed E-state index contributed by atoms with van der Waals surface area (Å²) in [6, 6.07) is 2.64. The summed E-state index contributed by atoms with van der Waals surface area (Å²) in [6.07, 6.45) is 0. The fraction of sp³-hybridized carbons (Fsp3) is 0.385. The number of carbonyl (C=O) groups excluding carboxylic acids is 1. The van der Waals surface area contributed by atoms with E-state index >= 15 is 0 Å². The fourth-order valence-electron chi connectivity index (χ4n) is 1.84. The molecule has 0 aromatic heterocycles. The third kappa shape index (κ3) is 3.51. The molecule has 8 heteroatoms. The lowest BCUT2D eigenvalue weighted by Crippen LogP contribution is -2.49. The minimum atomic E-state index is -0.469. The number of hydrogen-bond acceptors (Lipinski definition) is 3. The van der Waals surface area contributed by atoms with E-state index in [-0.39, 0.29) is 15.7 Å². The second-order valence-corrected chi connectivity index (χ2v) is 4.87. The van der Waals surface area contributed by atoms with E-state index in [9.17, 15) is 4.79 Å². The molecule has 116 valence electrons. The zero-order chi connectivity index (χ0) is 16.2. The molecule has 0 radical (unpaired) electrons. The summed E-state index contributed by atoms with van der Waals surface area (Å²) in [6.45, 7) is 4.60. The normalized spacial score (nSPS) is 10.1. The Hall–Kier alpha value is -1.66. The van der Waals surface area contributed by atoms with Gasteiger partial charge in [0.05, 0.1) is 17.8 Å². The Morgan fingerprint density at radius 2 is 1.90 bits per heavy atom.